The zero-order valence-corrected chi connectivity index (χ0v) is 16.4. The van der Waals surface area contributed by atoms with Gasteiger partial charge in [-0.15, -0.1) is 0 Å². The molecule has 0 aliphatic carbocycles. The van der Waals surface area contributed by atoms with E-state index < -0.39 is 0 Å². The highest BCUT2D eigenvalue weighted by atomic mass is 35.5. The number of fused-ring (bicyclic) bond motifs is 1. The largest absolute Gasteiger partial charge is 0.487 e. The van der Waals surface area contributed by atoms with Crippen LogP contribution in [0.2, 0.25) is 10.0 Å². The Morgan fingerprint density at radius 3 is 2.67 bits per heavy atom. The molecule has 2 aromatic carbocycles. The van der Waals surface area contributed by atoms with E-state index in [1.807, 2.05) is 17.0 Å². The lowest BCUT2D eigenvalue weighted by molar-refractivity contribution is -0.137. The van der Waals surface area contributed by atoms with Gasteiger partial charge in [-0.25, -0.2) is 0 Å². The molecule has 1 amide bonds. The second kappa shape index (κ2) is 7.61. The Hall–Kier alpha value is -1.91. The van der Waals surface area contributed by atoms with Gasteiger partial charge in [-0.2, -0.15) is 0 Å². The van der Waals surface area contributed by atoms with Crippen LogP contribution in [-0.4, -0.2) is 36.1 Å². The predicted octanol–water partition coefficient (Wildman–Crippen LogP) is 4.76. The summed E-state index contributed by atoms with van der Waals surface area (Å²) in [6, 6.07) is 13.2. The van der Waals surface area contributed by atoms with E-state index in [0.717, 1.165) is 31.4 Å². The number of para-hydroxylation sites is 1. The topological polar surface area (TPSA) is 38.8 Å². The van der Waals surface area contributed by atoms with E-state index in [-0.39, 0.29) is 18.1 Å². The standard InChI is InChI=1S/C21H21Cl2NO3/c22-16-5-6-19(17(23)13-16)26-14-20(25)24-11-9-21(10-12-24)8-7-15-3-1-2-4-18(15)27-21/h1-6,13H,7-12,14H2. The number of amides is 1. The fraction of sp³-hybridized carbons (Fsp3) is 0.381. The second-order valence-electron chi connectivity index (χ2n) is 7.14. The molecular formula is C21H21Cl2NO3. The van der Waals surface area contributed by atoms with Gasteiger partial charge in [0.2, 0.25) is 0 Å². The summed E-state index contributed by atoms with van der Waals surface area (Å²) in [6.45, 7) is 1.33. The summed E-state index contributed by atoms with van der Waals surface area (Å²) in [6.07, 6.45) is 3.72. The molecule has 0 radical (unpaired) electrons. The van der Waals surface area contributed by atoms with Gasteiger partial charge in [0.15, 0.2) is 6.61 Å². The maximum atomic E-state index is 12.5. The summed E-state index contributed by atoms with van der Waals surface area (Å²) in [5.74, 6) is 1.42. The average molecular weight is 406 g/mol. The number of halogens is 2. The van der Waals surface area contributed by atoms with Gasteiger partial charge in [0.25, 0.3) is 5.91 Å². The molecule has 4 nitrogen and oxygen atoms in total. The minimum Gasteiger partial charge on any atom is -0.487 e. The number of carbonyl (C=O) groups excluding carboxylic acids is 1. The Bertz CT molecular complexity index is 847. The van der Waals surface area contributed by atoms with E-state index in [9.17, 15) is 4.79 Å². The molecule has 2 aromatic rings. The van der Waals surface area contributed by atoms with E-state index in [1.54, 1.807) is 18.2 Å². The molecule has 2 heterocycles. The van der Waals surface area contributed by atoms with E-state index >= 15 is 0 Å². The molecule has 1 saturated heterocycles. The molecule has 142 valence electrons. The van der Waals surface area contributed by atoms with Crippen LogP contribution in [-0.2, 0) is 11.2 Å². The zero-order chi connectivity index (χ0) is 18.9. The van der Waals surface area contributed by atoms with Crippen LogP contribution in [0.3, 0.4) is 0 Å². The number of carbonyl (C=O) groups is 1. The number of benzene rings is 2. The van der Waals surface area contributed by atoms with Gasteiger partial charge in [-0.05, 0) is 42.7 Å². The Kier molecular flexibility index (Phi) is 5.20. The lowest BCUT2D eigenvalue weighted by Crippen LogP contribution is -2.52. The molecular weight excluding hydrogens is 385 g/mol. The van der Waals surface area contributed by atoms with Crippen molar-refractivity contribution in [2.75, 3.05) is 19.7 Å². The van der Waals surface area contributed by atoms with Gasteiger partial charge in [-0.1, -0.05) is 41.4 Å². The van der Waals surface area contributed by atoms with Crippen molar-refractivity contribution in [3.8, 4) is 11.5 Å². The Morgan fingerprint density at radius 2 is 1.89 bits per heavy atom. The molecule has 0 unspecified atom stereocenters. The fourth-order valence-electron chi connectivity index (χ4n) is 3.80. The maximum absolute atomic E-state index is 12.5. The first-order valence-electron chi connectivity index (χ1n) is 9.17. The van der Waals surface area contributed by atoms with Gasteiger partial charge >= 0.3 is 0 Å². The van der Waals surface area contributed by atoms with Crippen LogP contribution in [0.5, 0.6) is 11.5 Å². The molecule has 0 bridgehead atoms. The first-order valence-corrected chi connectivity index (χ1v) is 9.93. The Morgan fingerprint density at radius 1 is 1.11 bits per heavy atom. The maximum Gasteiger partial charge on any atom is 0.260 e. The lowest BCUT2D eigenvalue weighted by Gasteiger charge is -2.44. The highest BCUT2D eigenvalue weighted by molar-refractivity contribution is 6.35. The van der Waals surface area contributed by atoms with Crippen LogP contribution in [0.15, 0.2) is 42.5 Å². The van der Waals surface area contributed by atoms with Crippen molar-refractivity contribution in [3.63, 3.8) is 0 Å². The molecule has 4 rings (SSSR count). The number of hydrogen-bond acceptors (Lipinski definition) is 3. The van der Waals surface area contributed by atoms with Gasteiger partial charge in [0.1, 0.15) is 17.1 Å². The summed E-state index contributed by atoms with van der Waals surface area (Å²) < 4.78 is 11.9. The first kappa shape index (κ1) is 18.5. The van der Waals surface area contributed by atoms with Crippen molar-refractivity contribution >= 4 is 29.1 Å². The molecule has 0 atom stereocenters. The molecule has 1 spiro atoms. The van der Waals surface area contributed by atoms with E-state index in [1.165, 1.54) is 5.56 Å². The Balaban J connectivity index is 1.32. The van der Waals surface area contributed by atoms with E-state index in [4.69, 9.17) is 32.7 Å². The third-order valence-electron chi connectivity index (χ3n) is 5.42. The monoisotopic (exact) mass is 405 g/mol. The second-order valence-corrected chi connectivity index (χ2v) is 7.98. The Labute approximate surface area is 169 Å². The number of aryl methyl sites for hydroxylation is 1. The van der Waals surface area contributed by atoms with Gasteiger partial charge in [-0.3, -0.25) is 4.79 Å². The molecule has 0 saturated carbocycles. The van der Waals surface area contributed by atoms with Crippen molar-refractivity contribution in [2.24, 2.45) is 0 Å². The van der Waals surface area contributed by atoms with Crippen LogP contribution < -0.4 is 9.47 Å². The fourth-order valence-corrected chi connectivity index (χ4v) is 4.26. The number of likely N-dealkylation sites (tertiary alicyclic amines) is 1. The third kappa shape index (κ3) is 4.02. The number of rotatable bonds is 3. The van der Waals surface area contributed by atoms with Crippen molar-refractivity contribution < 1.29 is 14.3 Å². The van der Waals surface area contributed by atoms with Gasteiger partial charge in [0.05, 0.1) is 5.02 Å². The van der Waals surface area contributed by atoms with Crippen LogP contribution in [0.25, 0.3) is 0 Å². The van der Waals surface area contributed by atoms with Crippen LogP contribution in [0, 0.1) is 0 Å². The van der Waals surface area contributed by atoms with E-state index in [0.29, 0.717) is 28.9 Å². The van der Waals surface area contributed by atoms with Crippen molar-refractivity contribution in [1.82, 2.24) is 4.90 Å². The van der Waals surface area contributed by atoms with Crippen molar-refractivity contribution in [1.29, 1.82) is 0 Å². The SMILES string of the molecule is O=C(COc1ccc(Cl)cc1Cl)N1CCC2(CCc3ccccc3O2)CC1. The first-order chi connectivity index (χ1) is 13.0. The molecule has 2 aliphatic rings. The third-order valence-corrected chi connectivity index (χ3v) is 5.95. The summed E-state index contributed by atoms with van der Waals surface area (Å²) in [7, 11) is 0. The van der Waals surface area contributed by atoms with Crippen LogP contribution >= 0.6 is 23.2 Å². The normalized spacial score (nSPS) is 17.9. The average Bonchev–Trinajstić information content (AvgIpc) is 2.67. The van der Waals surface area contributed by atoms with Gasteiger partial charge in [0, 0.05) is 31.0 Å². The quantitative estimate of drug-likeness (QED) is 0.738. The summed E-state index contributed by atoms with van der Waals surface area (Å²) in [4.78, 5) is 14.4. The molecule has 27 heavy (non-hydrogen) atoms. The predicted molar refractivity (Wildman–Crippen MR) is 106 cm³/mol. The van der Waals surface area contributed by atoms with Crippen molar-refractivity contribution in [2.45, 2.75) is 31.3 Å². The summed E-state index contributed by atoms with van der Waals surface area (Å²) in [5, 5.41) is 0.941. The number of nitrogens with zero attached hydrogens (tertiary/aromatic N) is 1. The zero-order valence-electron chi connectivity index (χ0n) is 14.9. The highest BCUT2D eigenvalue weighted by Crippen LogP contribution is 2.39. The molecule has 1 fully saturated rings. The molecule has 2 aliphatic heterocycles. The molecule has 0 N–H and O–H groups in total. The highest BCUT2D eigenvalue weighted by Gasteiger charge is 2.40. The minimum absolute atomic E-state index is 0.0297. The van der Waals surface area contributed by atoms with Crippen LogP contribution in [0.1, 0.15) is 24.8 Å². The smallest absolute Gasteiger partial charge is 0.260 e. The number of hydrogen-bond donors (Lipinski definition) is 0. The van der Waals surface area contributed by atoms with E-state index in [2.05, 4.69) is 12.1 Å². The van der Waals surface area contributed by atoms with Gasteiger partial charge < -0.3 is 14.4 Å². The summed E-state index contributed by atoms with van der Waals surface area (Å²) >= 11 is 12.0. The number of ether oxygens (including phenoxy) is 2. The van der Waals surface area contributed by atoms with Crippen molar-refractivity contribution in [3.05, 3.63) is 58.1 Å². The summed E-state index contributed by atoms with van der Waals surface area (Å²) in [5.41, 5.74) is 1.13. The van der Waals surface area contributed by atoms with Crippen LogP contribution in [0.4, 0.5) is 0 Å². The lowest BCUT2D eigenvalue weighted by atomic mass is 9.83. The molecule has 0 aromatic heterocycles. The number of piperidine rings is 1. The molecule has 6 heteroatoms. The minimum atomic E-state index is -0.147.